The van der Waals surface area contributed by atoms with E-state index < -0.39 is 0 Å². The maximum Gasteiger partial charge on any atom is 0.127 e. The number of halogens is 1. The molecule has 0 amide bonds. The van der Waals surface area contributed by atoms with Gasteiger partial charge in [-0.1, -0.05) is 18.2 Å². The van der Waals surface area contributed by atoms with Crippen LogP contribution in [0, 0.1) is 11.2 Å². The molecule has 0 radical (unpaired) electrons. The summed E-state index contributed by atoms with van der Waals surface area (Å²) in [6.07, 6.45) is 0. The number of ether oxygens (including phenoxy) is 1. The van der Waals surface area contributed by atoms with E-state index in [1.165, 1.54) is 6.07 Å². The first kappa shape index (κ1) is 11.5. The van der Waals surface area contributed by atoms with E-state index in [2.05, 4.69) is 5.32 Å². The number of nitrogens with one attached hydrogen (secondary N) is 1. The summed E-state index contributed by atoms with van der Waals surface area (Å²) < 4.78 is 18.5. The Bertz CT molecular complexity index is 347. The Morgan fingerprint density at radius 1 is 1.38 bits per heavy atom. The third-order valence-corrected chi connectivity index (χ3v) is 3.02. The van der Waals surface area contributed by atoms with Crippen molar-refractivity contribution in [2.75, 3.05) is 26.3 Å². The fourth-order valence-corrected chi connectivity index (χ4v) is 1.79. The number of hydrogen-bond acceptors (Lipinski definition) is 3. The van der Waals surface area contributed by atoms with E-state index in [0.717, 1.165) is 6.54 Å². The molecule has 1 aliphatic rings. The lowest BCUT2D eigenvalue weighted by atomic mass is 9.86. The lowest BCUT2D eigenvalue weighted by molar-refractivity contribution is -0.105. The summed E-state index contributed by atoms with van der Waals surface area (Å²) in [6, 6.07) is 6.79. The van der Waals surface area contributed by atoms with E-state index in [-0.39, 0.29) is 11.2 Å². The van der Waals surface area contributed by atoms with Crippen molar-refractivity contribution in [3.63, 3.8) is 0 Å². The Hall–Kier alpha value is -0.970. The van der Waals surface area contributed by atoms with Gasteiger partial charge in [0.2, 0.25) is 0 Å². The molecule has 0 unspecified atom stereocenters. The van der Waals surface area contributed by atoms with Gasteiger partial charge in [0, 0.05) is 30.6 Å². The van der Waals surface area contributed by atoms with Crippen LogP contribution in [-0.2, 0) is 11.3 Å². The fraction of sp³-hybridized carbons (Fsp3) is 0.500. The van der Waals surface area contributed by atoms with Gasteiger partial charge in [0.15, 0.2) is 0 Å². The van der Waals surface area contributed by atoms with Crippen LogP contribution in [0.1, 0.15) is 5.56 Å². The quantitative estimate of drug-likeness (QED) is 0.781. The van der Waals surface area contributed by atoms with Gasteiger partial charge in [-0.05, 0) is 6.07 Å². The zero-order valence-electron chi connectivity index (χ0n) is 9.21. The molecule has 2 rings (SSSR count). The molecule has 0 spiro atoms. The zero-order valence-corrected chi connectivity index (χ0v) is 9.21. The maximum absolute atomic E-state index is 13.3. The summed E-state index contributed by atoms with van der Waals surface area (Å²) >= 11 is 0. The number of rotatable bonds is 5. The van der Waals surface area contributed by atoms with Gasteiger partial charge in [-0.15, -0.1) is 0 Å². The van der Waals surface area contributed by atoms with E-state index in [1.807, 2.05) is 6.07 Å². The normalized spacial score (nSPS) is 18.1. The fourth-order valence-electron chi connectivity index (χ4n) is 1.79. The number of nitrogens with two attached hydrogens (primary N) is 1. The molecule has 3 nitrogen and oxygen atoms in total. The van der Waals surface area contributed by atoms with Crippen molar-refractivity contribution in [2.24, 2.45) is 11.1 Å². The average Bonchev–Trinajstić information content (AvgIpc) is 2.25. The first-order valence-electron chi connectivity index (χ1n) is 5.48. The van der Waals surface area contributed by atoms with Crippen LogP contribution in [0.25, 0.3) is 0 Å². The molecule has 1 heterocycles. The predicted molar refractivity (Wildman–Crippen MR) is 60.4 cm³/mol. The van der Waals surface area contributed by atoms with Gasteiger partial charge in [0.25, 0.3) is 0 Å². The van der Waals surface area contributed by atoms with E-state index >= 15 is 0 Å². The Morgan fingerprint density at radius 2 is 2.12 bits per heavy atom. The van der Waals surface area contributed by atoms with Crippen molar-refractivity contribution in [1.29, 1.82) is 0 Å². The maximum atomic E-state index is 13.3. The van der Waals surface area contributed by atoms with Gasteiger partial charge in [-0.2, -0.15) is 0 Å². The molecule has 0 atom stereocenters. The highest BCUT2D eigenvalue weighted by Gasteiger charge is 2.36. The van der Waals surface area contributed by atoms with Gasteiger partial charge in [0.1, 0.15) is 5.82 Å². The second kappa shape index (κ2) is 4.91. The van der Waals surface area contributed by atoms with Crippen LogP contribution in [0.2, 0.25) is 0 Å². The van der Waals surface area contributed by atoms with Gasteiger partial charge in [-0.3, -0.25) is 0 Å². The summed E-state index contributed by atoms with van der Waals surface area (Å²) in [5.74, 6) is -0.165. The van der Waals surface area contributed by atoms with Crippen molar-refractivity contribution < 1.29 is 9.13 Å². The minimum absolute atomic E-state index is 0.0608. The van der Waals surface area contributed by atoms with Gasteiger partial charge in [-0.25, -0.2) is 4.39 Å². The second-order valence-corrected chi connectivity index (χ2v) is 4.39. The second-order valence-electron chi connectivity index (χ2n) is 4.39. The van der Waals surface area contributed by atoms with Crippen molar-refractivity contribution >= 4 is 0 Å². The topological polar surface area (TPSA) is 47.3 Å². The smallest absolute Gasteiger partial charge is 0.127 e. The number of benzene rings is 1. The van der Waals surface area contributed by atoms with E-state index in [9.17, 15) is 4.39 Å². The van der Waals surface area contributed by atoms with Crippen LogP contribution in [0.5, 0.6) is 0 Å². The summed E-state index contributed by atoms with van der Waals surface area (Å²) in [4.78, 5) is 0. The highest BCUT2D eigenvalue weighted by Crippen LogP contribution is 2.24. The molecule has 16 heavy (non-hydrogen) atoms. The molecule has 3 N–H and O–H groups in total. The summed E-state index contributed by atoms with van der Waals surface area (Å²) in [5, 5.41) is 3.24. The third kappa shape index (κ3) is 2.40. The first-order chi connectivity index (χ1) is 7.76. The van der Waals surface area contributed by atoms with Crippen molar-refractivity contribution in [1.82, 2.24) is 5.32 Å². The lowest BCUT2D eigenvalue weighted by Crippen LogP contribution is -2.54. The molecule has 1 aromatic carbocycles. The molecule has 0 saturated carbocycles. The molecule has 4 heteroatoms. The molecule has 1 aromatic rings. The third-order valence-electron chi connectivity index (χ3n) is 3.02. The lowest BCUT2D eigenvalue weighted by Gasteiger charge is -2.40. The molecular weight excluding hydrogens is 207 g/mol. The molecular formula is C12H17FN2O. The van der Waals surface area contributed by atoms with E-state index in [1.54, 1.807) is 12.1 Å². The zero-order chi connectivity index (χ0) is 11.4. The van der Waals surface area contributed by atoms with Crippen molar-refractivity contribution in [2.45, 2.75) is 6.54 Å². The molecule has 0 aliphatic carbocycles. The molecule has 1 saturated heterocycles. The van der Waals surface area contributed by atoms with Crippen molar-refractivity contribution in [3.8, 4) is 0 Å². The SMILES string of the molecule is NCC1(CNCc2ccccc2F)COC1. The van der Waals surface area contributed by atoms with Gasteiger partial charge >= 0.3 is 0 Å². The standard InChI is InChI=1S/C12H17FN2O/c13-11-4-2-1-3-10(11)5-15-7-12(6-14)8-16-9-12/h1-4,15H,5-9,14H2. The predicted octanol–water partition coefficient (Wildman–Crippen LogP) is 0.891. The molecule has 88 valence electrons. The van der Waals surface area contributed by atoms with Crippen LogP contribution < -0.4 is 11.1 Å². The minimum atomic E-state index is -0.165. The van der Waals surface area contributed by atoms with Crippen molar-refractivity contribution in [3.05, 3.63) is 35.6 Å². The van der Waals surface area contributed by atoms with Crippen LogP contribution in [0.4, 0.5) is 4.39 Å². The summed E-state index contributed by atoms with van der Waals surface area (Å²) in [5.41, 5.74) is 6.43. The molecule has 1 aliphatic heterocycles. The Morgan fingerprint density at radius 3 is 2.69 bits per heavy atom. The average molecular weight is 224 g/mol. The highest BCUT2D eigenvalue weighted by molar-refractivity contribution is 5.17. The highest BCUT2D eigenvalue weighted by atomic mass is 19.1. The van der Waals surface area contributed by atoms with Crippen LogP contribution in [0.15, 0.2) is 24.3 Å². The molecule has 0 bridgehead atoms. The Kier molecular flexibility index (Phi) is 3.53. The number of hydrogen-bond donors (Lipinski definition) is 2. The van der Waals surface area contributed by atoms with Crippen LogP contribution >= 0.6 is 0 Å². The van der Waals surface area contributed by atoms with Gasteiger partial charge < -0.3 is 15.8 Å². The molecule has 0 aromatic heterocycles. The van der Waals surface area contributed by atoms with E-state index in [0.29, 0.717) is 31.9 Å². The largest absolute Gasteiger partial charge is 0.380 e. The minimum Gasteiger partial charge on any atom is -0.380 e. The first-order valence-corrected chi connectivity index (χ1v) is 5.48. The summed E-state index contributed by atoms with van der Waals surface area (Å²) in [6.45, 7) is 3.32. The molecule has 1 fully saturated rings. The monoisotopic (exact) mass is 224 g/mol. The van der Waals surface area contributed by atoms with Gasteiger partial charge in [0.05, 0.1) is 13.2 Å². The van der Waals surface area contributed by atoms with Crippen LogP contribution in [0.3, 0.4) is 0 Å². The summed E-state index contributed by atoms with van der Waals surface area (Å²) in [7, 11) is 0. The van der Waals surface area contributed by atoms with E-state index in [4.69, 9.17) is 10.5 Å². The Balaban J connectivity index is 1.82. The Labute approximate surface area is 94.8 Å². The van der Waals surface area contributed by atoms with Crippen LogP contribution in [-0.4, -0.2) is 26.3 Å².